The van der Waals surface area contributed by atoms with Crippen molar-refractivity contribution in [2.24, 2.45) is 17.5 Å². The zero-order valence-corrected chi connectivity index (χ0v) is 22.5. The maximum atomic E-state index is 11.1. The van der Waals surface area contributed by atoms with Crippen molar-refractivity contribution >= 4 is 57.2 Å². The first-order valence-electron chi connectivity index (χ1n) is 10.8. The molecule has 2 aromatic carbocycles. The number of esters is 1. The topological polar surface area (TPSA) is 191 Å². The molecule has 0 saturated carbocycles. The van der Waals surface area contributed by atoms with Gasteiger partial charge in [0.15, 0.2) is 0 Å². The fourth-order valence-electron chi connectivity index (χ4n) is 3.16. The van der Waals surface area contributed by atoms with Crippen LogP contribution >= 0.6 is 23.5 Å². The number of nitrogens with one attached hydrogen (secondary N) is 1. The van der Waals surface area contributed by atoms with Gasteiger partial charge >= 0.3 is 5.97 Å². The Hall–Kier alpha value is -3.26. The standard InChI is InChI=1S/C13H13NO2S.C12H13N3OS.H4N2.H2O/c1-9-7-12(17-8-13(15)16-2)10-5-3-4-6-11(10)14-9;1-8-6-11(17-7-12(16)15-13)9-4-2-3-5-10(9)14-8;1-2;/h3-7H,8H2,1-2H3;2-6H,7,13H2,1H3,(H,15,16);1-2H2;1H2. The molecular weight excluding hydrogens is 512 g/mol. The van der Waals surface area contributed by atoms with Crippen LogP contribution in [0.4, 0.5) is 0 Å². The molecule has 1 amide bonds. The summed E-state index contributed by atoms with van der Waals surface area (Å²) in [6, 6.07) is 19.8. The molecule has 0 aliphatic heterocycles. The number of methoxy groups -OCH3 is 1. The smallest absolute Gasteiger partial charge is 0.315 e. The van der Waals surface area contributed by atoms with E-state index in [1.54, 1.807) is 0 Å². The number of benzene rings is 2. The van der Waals surface area contributed by atoms with Gasteiger partial charge in [0.25, 0.3) is 0 Å². The molecular formula is C25H32N6O4S2. The van der Waals surface area contributed by atoms with Gasteiger partial charge < -0.3 is 10.2 Å². The number of aromatic nitrogens is 2. The lowest BCUT2D eigenvalue weighted by Crippen LogP contribution is -2.31. The molecule has 0 spiro atoms. The summed E-state index contributed by atoms with van der Waals surface area (Å²) in [5, 5.41) is 2.14. The van der Waals surface area contributed by atoms with Gasteiger partial charge in [-0.1, -0.05) is 36.4 Å². The lowest BCUT2D eigenvalue weighted by atomic mass is 10.2. The molecule has 0 bridgehead atoms. The van der Waals surface area contributed by atoms with E-state index in [-0.39, 0.29) is 17.4 Å². The Kier molecular flexibility index (Phi) is 14.1. The van der Waals surface area contributed by atoms with E-state index in [4.69, 9.17) is 5.84 Å². The number of carbonyl (C=O) groups is 2. The van der Waals surface area contributed by atoms with E-state index < -0.39 is 0 Å². The average Bonchev–Trinajstić information content (AvgIpc) is 2.91. The van der Waals surface area contributed by atoms with Crippen LogP contribution in [0.2, 0.25) is 0 Å². The first-order valence-corrected chi connectivity index (χ1v) is 12.8. The fraction of sp³-hybridized carbons (Fsp3) is 0.200. The lowest BCUT2D eigenvalue weighted by molar-refractivity contribution is -0.137. The van der Waals surface area contributed by atoms with E-state index in [0.717, 1.165) is 43.0 Å². The van der Waals surface area contributed by atoms with Gasteiger partial charge in [-0.25, -0.2) is 5.84 Å². The SMILES string of the molecule is COC(=O)CSc1cc(C)nc2ccccc12.Cc1cc(SCC(=O)NN)c2ccccc2n1.NN.O. The van der Waals surface area contributed by atoms with Gasteiger partial charge in [-0.15, -0.1) is 23.5 Å². The van der Waals surface area contributed by atoms with Crippen molar-refractivity contribution in [1.29, 1.82) is 0 Å². The summed E-state index contributed by atoms with van der Waals surface area (Å²) in [5.74, 6) is 13.3. The van der Waals surface area contributed by atoms with Crippen molar-refractivity contribution in [1.82, 2.24) is 15.4 Å². The number of nitrogens with zero attached hydrogens (tertiary/aromatic N) is 2. The molecule has 9 N–H and O–H groups in total. The number of rotatable bonds is 6. The Morgan fingerprint density at radius 3 is 1.70 bits per heavy atom. The van der Waals surface area contributed by atoms with Crippen LogP contribution in [0.3, 0.4) is 0 Å². The van der Waals surface area contributed by atoms with Gasteiger partial charge in [0.2, 0.25) is 5.91 Å². The van der Waals surface area contributed by atoms with Crippen molar-refractivity contribution in [3.05, 3.63) is 72.1 Å². The molecule has 12 heteroatoms. The van der Waals surface area contributed by atoms with Gasteiger partial charge in [0.1, 0.15) is 0 Å². The molecule has 0 aliphatic carbocycles. The van der Waals surface area contributed by atoms with Gasteiger partial charge in [0, 0.05) is 32.0 Å². The van der Waals surface area contributed by atoms with Crippen LogP contribution < -0.4 is 23.0 Å². The number of fused-ring (bicyclic) bond motifs is 2. The Morgan fingerprint density at radius 2 is 1.27 bits per heavy atom. The molecule has 2 aromatic heterocycles. The second-order valence-corrected chi connectivity index (χ2v) is 9.31. The molecule has 0 saturated heterocycles. The van der Waals surface area contributed by atoms with Gasteiger partial charge in [-0.3, -0.25) is 36.7 Å². The number of hydrogen-bond donors (Lipinski definition) is 4. The number of hydrazine groups is 2. The molecule has 4 aromatic rings. The van der Waals surface area contributed by atoms with Crippen molar-refractivity contribution in [3.8, 4) is 0 Å². The van der Waals surface area contributed by atoms with Gasteiger partial charge in [-0.05, 0) is 38.1 Å². The van der Waals surface area contributed by atoms with Crippen molar-refractivity contribution < 1.29 is 19.8 Å². The van der Waals surface area contributed by atoms with E-state index in [1.165, 1.54) is 30.6 Å². The summed E-state index contributed by atoms with van der Waals surface area (Å²) in [4.78, 5) is 33.3. The van der Waals surface area contributed by atoms with E-state index in [0.29, 0.717) is 11.5 Å². The average molecular weight is 545 g/mol. The third-order valence-electron chi connectivity index (χ3n) is 4.71. The van der Waals surface area contributed by atoms with Gasteiger partial charge in [0.05, 0.1) is 29.6 Å². The number of carbonyl (C=O) groups excluding carboxylic acids is 2. The summed E-state index contributed by atoms with van der Waals surface area (Å²) in [5.41, 5.74) is 5.93. The quantitative estimate of drug-likeness (QED) is 0.0921. The Balaban J connectivity index is 0.000000338. The van der Waals surface area contributed by atoms with E-state index >= 15 is 0 Å². The van der Waals surface area contributed by atoms with E-state index in [2.05, 4.69) is 31.8 Å². The summed E-state index contributed by atoms with van der Waals surface area (Å²) in [6.45, 7) is 3.90. The predicted molar refractivity (Wildman–Crippen MR) is 151 cm³/mol. The molecule has 198 valence electrons. The van der Waals surface area contributed by atoms with Crippen LogP contribution in [0.1, 0.15) is 11.4 Å². The summed E-state index contributed by atoms with van der Waals surface area (Å²) in [6.07, 6.45) is 0. The minimum atomic E-state index is -0.214. The number of aryl methyl sites for hydroxylation is 2. The number of nitrogens with two attached hydrogens (primary N) is 3. The highest BCUT2D eigenvalue weighted by molar-refractivity contribution is 8.00. The van der Waals surface area contributed by atoms with Crippen LogP contribution in [0.25, 0.3) is 21.8 Å². The minimum absolute atomic E-state index is 0. The molecule has 0 fully saturated rings. The summed E-state index contributed by atoms with van der Waals surface area (Å²) in [7, 11) is 1.40. The first-order chi connectivity index (χ1) is 17.4. The van der Waals surface area contributed by atoms with Crippen LogP contribution in [-0.4, -0.2) is 45.9 Å². The number of thioether (sulfide) groups is 2. The second-order valence-electron chi connectivity index (χ2n) is 7.28. The molecule has 37 heavy (non-hydrogen) atoms. The maximum absolute atomic E-state index is 11.1. The largest absolute Gasteiger partial charge is 0.468 e. The van der Waals surface area contributed by atoms with Crippen LogP contribution in [-0.2, 0) is 14.3 Å². The molecule has 0 unspecified atom stereocenters. The summed E-state index contributed by atoms with van der Waals surface area (Å²) < 4.78 is 4.64. The molecule has 2 heterocycles. The number of para-hydroxylation sites is 2. The van der Waals surface area contributed by atoms with Crippen molar-refractivity contribution in [3.63, 3.8) is 0 Å². The van der Waals surface area contributed by atoms with E-state index in [9.17, 15) is 9.59 Å². The third-order valence-corrected chi connectivity index (χ3v) is 6.79. The van der Waals surface area contributed by atoms with Crippen molar-refractivity contribution in [2.75, 3.05) is 18.6 Å². The zero-order chi connectivity index (χ0) is 26.5. The lowest BCUT2D eigenvalue weighted by Gasteiger charge is -2.06. The maximum Gasteiger partial charge on any atom is 0.315 e. The highest BCUT2D eigenvalue weighted by atomic mass is 32.2. The second kappa shape index (κ2) is 16.5. The third kappa shape index (κ3) is 9.61. The predicted octanol–water partition coefficient (Wildman–Crippen LogP) is 2.43. The Labute approximate surface area is 224 Å². The van der Waals surface area contributed by atoms with Crippen molar-refractivity contribution in [2.45, 2.75) is 23.6 Å². The van der Waals surface area contributed by atoms with Crippen LogP contribution in [0.5, 0.6) is 0 Å². The van der Waals surface area contributed by atoms with Crippen LogP contribution in [0, 0.1) is 13.8 Å². The number of hydrogen-bond acceptors (Lipinski definition) is 10. The highest BCUT2D eigenvalue weighted by Gasteiger charge is 2.08. The zero-order valence-electron chi connectivity index (χ0n) is 20.9. The normalized spacial score (nSPS) is 9.78. The monoisotopic (exact) mass is 544 g/mol. The number of ether oxygens (including phenoxy) is 1. The van der Waals surface area contributed by atoms with E-state index in [1.807, 2.05) is 74.5 Å². The Morgan fingerprint density at radius 1 is 0.838 bits per heavy atom. The highest BCUT2D eigenvalue weighted by Crippen LogP contribution is 2.28. The van der Waals surface area contributed by atoms with Gasteiger partial charge in [-0.2, -0.15) is 0 Å². The molecule has 10 nitrogen and oxygen atoms in total. The molecule has 4 rings (SSSR count). The summed E-state index contributed by atoms with van der Waals surface area (Å²) >= 11 is 2.95. The molecule has 0 atom stereocenters. The number of amides is 1. The van der Waals surface area contributed by atoms with Crippen LogP contribution in [0.15, 0.2) is 70.5 Å². The minimum Gasteiger partial charge on any atom is -0.468 e. The molecule has 0 radical (unpaired) electrons. The first kappa shape index (κ1) is 31.8. The molecule has 0 aliphatic rings. The Bertz CT molecular complexity index is 1220. The number of pyridine rings is 2. The fourth-order valence-corrected chi connectivity index (χ4v) is 5.08.